The topological polar surface area (TPSA) is 51.2 Å². The number of hydrogen-bond donors (Lipinski definition) is 0. The number of sulfone groups is 1. The maximum absolute atomic E-state index is 12.9. The molecule has 1 atom stereocenters. The molecule has 0 aliphatic carbocycles. The second-order valence-corrected chi connectivity index (χ2v) is 15.7. The summed E-state index contributed by atoms with van der Waals surface area (Å²) in [5, 5.41) is -1.12. The standard InChI is InChI=1S/C18H28O3SSi/c1-18(2,3)17(19)16(13-10-14-23(4,5)6)22(20,21)15-11-8-7-9-12-15/h7-13,16H,14H2,1-6H3/b13-10-. The van der Waals surface area contributed by atoms with Gasteiger partial charge in [-0.25, -0.2) is 8.42 Å². The Morgan fingerprint density at radius 1 is 1.13 bits per heavy atom. The summed E-state index contributed by atoms with van der Waals surface area (Å²) in [5.41, 5.74) is -0.712. The summed E-state index contributed by atoms with van der Waals surface area (Å²) in [6.07, 6.45) is 3.47. The third kappa shape index (κ3) is 5.73. The second kappa shape index (κ2) is 7.14. The predicted molar refractivity (Wildman–Crippen MR) is 99.2 cm³/mol. The average molecular weight is 353 g/mol. The van der Waals surface area contributed by atoms with Crippen LogP contribution in [0.15, 0.2) is 47.4 Å². The van der Waals surface area contributed by atoms with E-state index in [-0.39, 0.29) is 10.7 Å². The highest BCUT2D eigenvalue weighted by atomic mass is 32.2. The van der Waals surface area contributed by atoms with E-state index >= 15 is 0 Å². The molecule has 0 fully saturated rings. The van der Waals surface area contributed by atoms with Crippen LogP contribution in [0.1, 0.15) is 20.8 Å². The Bertz CT molecular complexity index is 662. The van der Waals surface area contributed by atoms with E-state index in [2.05, 4.69) is 19.6 Å². The minimum Gasteiger partial charge on any atom is -0.297 e. The number of allylic oxidation sites excluding steroid dienone is 1. The lowest BCUT2D eigenvalue weighted by molar-refractivity contribution is -0.125. The van der Waals surface area contributed by atoms with E-state index in [0.717, 1.165) is 6.04 Å². The Balaban J connectivity index is 3.27. The summed E-state index contributed by atoms with van der Waals surface area (Å²) in [4.78, 5) is 12.9. The highest BCUT2D eigenvalue weighted by Crippen LogP contribution is 2.26. The third-order valence-corrected chi connectivity index (χ3v) is 6.87. The molecule has 23 heavy (non-hydrogen) atoms. The largest absolute Gasteiger partial charge is 0.297 e. The first-order chi connectivity index (χ1) is 10.4. The summed E-state index contributed by atoms with van der Waals surface area (Å²) in [6.45, 7) is 11.9. The van der Waals surface area contributed by atoms with Crippen LogP contribution in [0.5, 0.6) is 0 Å². The number of benzene rings is 1. The summed E-state index contributed by atoms with van der Waals surface area (Å²) < 4.78 is 25.8. The van der Waals surface area contributed by atoms with E-state index in [1.54, 1.807) is 57.2 Å². The van der Waals surface area contributed by atoms with E-state index in [4.69, 9.17) is 0 Å². The number of Topliss-reactive ketones (excluding diaryl/α,β-unsaturated/α-hetero) is 1. The molecule has 1 aromatic rings. The van der Waals surface area contributed by atoms with Gasteiger partial charge in [-0.1, -0.05) is 70.8 Å². The Hall–Kier alpha value is -1.20. The molecule has 1 aromatic carbocycles. The Labute approximate surface area is 141 Å². The van der Waals surface area contributed by atoms with Gasteiger partial charge < -0.3 is 0 Å². The molecule has 0 spiro atoms. The maximum Gasteiger partial charge on any atom is 0.191 e. The molecule has 3 nitrogen and oxygen atoms in total. The Morgan fingerprint density at radius 2 is 1.65 bits per heavy atom. The molecule has 0 amide bonds. The van der Waals surface area contributed by atoms with E-state index in [9.17, 15) is 13.2 Å². The van der Waals surface area contributed by atoms with Crippen LogP contribution >= 0.6 is 0 Å². The lowest BCUT2D eigenvalue weighted by Crippen LogP contribution is -2.37. The van der Waals surface area contributed by atoms with Gasteiger partial charge in [0.25, 0.3) is 0 Å². The summed E-state index contributed by atoms with van der Waals surface area (Å²) in [6, 6.07) is 9.07. The van der Waals surface area contributed by atoms with Gasteiger partial charge in [0.05, 0.1) is 4.90 Å². The van der Waals surface area contributed by atoms with Crippen molar-refractivity contribution in [2.75, 3.05) is 0 Å². The van der Waals surface area contributed by atoms with Crippen LogP contribution in [-0.2, 0) is 14.6 Å². The first-order valence-electron chi connectivity index (χ1n) is 7.86. The van der Waals surface area contributed by atoms with E-state index in [1.807, 2.05) is 6.08 Å². The monoisotopic (exact) mass is 352 g/mol. The van der Waals surface area contributed by atoms with Gasteiger partial charge in [0.2, 0.25) is 0 Å². The van der Waals surface area contributed by atoms with Crippen LogP contribution in [-0.4, -0.2) is 27.5 Å². The van der Waals surface area contributed by atoms with Crippen LogP contribution in [0, 0.1) is 5.41 Å². The van der Waals surface area contributed by atoms with E-state index in [0.29, 0.717) is 0 Å². The van der Waals surface area contributed by atoms with Crippen LogP contribution in [0.3, 0.4) is 0 Å². The van der Waals surface area contributed by atoms with Crippen LogP contribution in [0.2, 0.25) is 25.7 Å². The zero-order valence-electron chi connectivity index (χ0n) is 15.0. The average Bonchev–Trinajstić information content (AvgIpc) is 2.41. The molecular formula is C18H28O3SSi. The number of ketones is 1. The quantitative estimate of drug-likeness (QED) is 0.565. The Kier molecular flexibility index (Phi) is 6.16. The highest BCUT2D eigenvalue weighted by Gasteiger charge is 2.37. The zero-order valence-corrected chi connectivity index (χ0v) is 16.8. The van der Waals surface area contributed by atoms with Crippen molar-refractivity contribution in [3.8, 4) is 0 Å². The van der Waals surface area contributed by atoms with Crippen LogP contribution < -0.4 is 0 Å². The highest BCUT2D eigenvalue weighted by molar-refractivity contribution is 7.93. The molecule has 0 aromatic heterocycles. The van der Waals surface area contributed by atoms with Gasteiger partial charge in [-0.2, -0.15) is 0 Å². The molecule has 0 radical (unpaired) electrons. The molecular weight excluding hydrogens is 324 g/mol. The third-order valence-electron chi connectivity index (χ3n) is 3.44. The molecule has 0 N–H and O–H groups in total. The summed E-state index contributed by atoms with van der Waals surface area (Å²) >= 11 is 0. The molecule has 0 heterocycles. The first kappa shape index (κ1) is 19.8. The van der Waals surface area contributed by atoms with Gasteiger partial charge in [-0.15, -0.1) is 0 Å². The minimum absolute atomic E-state index is 0.195. The molecule has 5 heteroatoms. The van der Waals surface area contributed by atoms with Gasteiger partial charge in [0, 0.05) is 13.5 Å². The van der Waals surface area contributed by atoms with Crippen molar-refractivity contribution in [1.82, 2.24) is 0 Å². The SMILES string of the molecule is CC(C)(C)C(=O)C(/C=C\C[Si](C)(C)C)S(=O)(=O)c1ccccc1. The first-order valence-corrected chi connectivity index (χ1v) is 13.1. The van der Waals surface area contributed by atoms with Gasteiger partial charge >= 0.3 is 0 Å². The van der Waals surface area contributed by atoms with Crippen molar-refractivity contribution >= 4 is 23.7 Å². The molecule has 1 rings (SSSR count). The molecule has 0 saturated heterocycles. The molecule has 0 aliphatic heterocycles. The van der Waals surface area contributed by atoms with Crippen molar-refractivity contribution in [2.24, 2.45) is 5.41 Å². The van der Waals surface area contributed by atoms with Crippen molar-refractivity contribution < 1.29 is 13.2 Å². The Morgan fingerprint density at radius 3 is 2.09 bits per heavy atom. The minimum atomic E-state index is -3.72. The lowest BCUT2D eigenvalue weighted by atomic mass is 9.88. The molecule has 0 bridgehead atoms. The zero-order chi connectivity index (χ0) is 17.9. The van der Waals surface area contributed by atoms with E-state index < -0.39 is 28.6 Å². The van der Waals surface area contributed by atoms with E-state index in [1.165, 1.54) is 0 Å². The molecule has 0 aliphatic rings. The fraction of sp³-hybridized carbons (Fsp3) is 0.500. The van der Waals surface area contributed by atoms with Crippen molar-refractivity contribution in [3.63, 3.8) is 0 Å². The fourth-order valence-electron chi connectivity index (χ4n) is 2.06. The van der Waals surface area contributed by atoms with Crippen LogP contribution in [0.4, 0.5) is 0 Å². The summed E-state index contributed by atoms with van der Waals surface area (Å²) in [7, 11) is -5.06. The van der Waals surface area contributed by atoms with Gasteiger partial charge in [0.15, 0.2) is 15.6 Å². The number of carbonyl (C=O) groups is 1. The fourth-order valence-corrected chi connectivity index (χ4v) is 4.69. The van der Waals surface area contributed by atoms with Gasteiger partial charge in [-0.05, 0) is 18.2 Å². The number of rotatable bonds is 6. The smallest absolute Gasteiger partial charge is 0.191 e. The van der Waals surface area contributed by atoms with Crippen molar-refractivity contribution in [2.45, 2.75) is 56.6 Å². The predicted octanol–water partition coefficient (Wildman–Crippen LogP) is 4.34. The summed E-state index contributed by atoms with van der Waals surface area (Å²) in [5.74, 6) is -0.270. The lowest BCUT2D eigenvalue weighted by Gasteiger charge is -2.23. The molecule has 1 unspecified atom stereocenters. The molecule has 0 saturated carbocycles. The number of carbonyl (C=O) groups excluding carboxylic acids is 1. The number of hydrogen-bond acceptors (Lipinski definition) is 3. The second-order valence-electron chi connectivity index (χ2n) is 8.09. The van der Waals surface area contributed by atoms with Crippen molar-refractivity contribution in [1.29, 1.82) is 0 Å². The maximum atomic E-state index is 12.9. The normalized spacial score (nSPS) is 14.9. The molecule has 128 valence electrons. The van der Waals surface area contributed by atoms with Gasteiger partial charge in [0.1, 0.15) is 5.25 Å². The van der Waals surface area contributed by atoms with Gasteiger partial charge in [-0.3, -0.25) is 4.79 Å². The van der Waals surface area contributed by atoms with Crippen molar-refractivity contribution in [3.05, 3.63) is 42.5 Å². The van der Waals surface area contributed by atoms with Crippen LogP contribution in [0.25, 0.3) is 0 Å².